The van der Waals surface area contributed by atoms with Crippen molar-refractivity contribution in [1.82, 2.24) is 19.6 Å². The van der Waals surface area contributed by atoms with Crippen LogP contribution in [0.5, 0.6) is 0 Å². The van der Waals surface area contributed by atoms with Gasteiger partial charge in [-0.3, -0.25) is 4.40 Å². The van der Waals surface area contributed by atoms with Crippen molar-refractivity contribution in [3.63, 3.8) is 0 Å². The molecule has 0 radical (unpaired) electrons. The largest absolute Gasteiger partial charge is 0.342 e. The van der Waals surface area contributed by atoms with Crippen LogP contribution in [0.4, 0.5) is 5.95 Å². The number of rotatable bonds is 1. The molecule has 0 saturated carbocycles. The second-order valence-corrected chi connectivity index (χ2v) is 5.43. The summed E-state index contributed by atoms with van der Waals surface area (Å²) >= 11 is 2.23. The number of hydrogen-bond donors (Lipinski definition) is 0. The predicted molar refractivity (Wildman–Crippen MR) is 69.5 cm³/mol. The third-order valence-corrected chi connectivity index (χ3v) is 3.74. The van der Waals surface area contributed by atoms with Gasteiger partial charge in [0.2, 0.25) is 5.95 Å². The third kappa shape index (κ3) is 1.55. The van der Waals surface area contributed by atoms with Gasteiger partial charge in [0.1, 0.15) is 6.33 Å². The van der Waals surface area contributed by atoms with Gasteiger partial charge in [0.25, 0.3) is 0 Å². The molecule has 1 saturated heterocycles. The normalized spacial score (nSPS) is 20.9. The lowest BCUT2D eigenvalue weighted by molar-refractivity contribution is 0.657. The lowest BCUT2D eigenvalue weighted by Crippen LogP contribution is -2.23. The van der Waals surface area contributed by atoms with Crippen molar-refractivity contribution in [1.29, 1.82) is 0 Å². The van der Waals surface area contributed by atoms with Gasteiger partial charge in [0.15, 0.2) is 5.65 Å². The Bertz CT molecular complexity index is 523. The molecule has 0 N–H and O–H groups in total. The van der Waals surface area contributed by atoms with E-state index in [9.17, 15) is 0 Å². The van der Waals surface area contributed by atoms with Crippen molar-refractivity contribution < 1.29 is 0 Å². The molecule has 1 unspecified atom stereocenters. The number of hydrogen-bond acceptors (Lipinski definition) is 4. The number of halogens is 1. The standard InChI is InChI=1S/C10H12IN5/c1-7-2-3-15(5-7)10-12-4-8(11)9-14-13-6-16(9)10/h4,6-7H,2-3,5H2,1H3. The highest BCUT2D eigenvalue weighted by Crippen LogP contribution is 2.23. The maximum Gasteiger partial charge on any atom is 0.212 e. The van der Waals surface area contributed by atoms with Gasteiger partial charge < -0.3 is 4.90 Å². The van der Waals surface area contributed by atoms with Gasteiger partial charge in [-0.25, -0.2) is 4.98 Å². The lowest BCUT2D eigenvalue weighted by atomic mass is 10.2. The second-order valence-electron chi connectivity index (χ2n) is 4.27. The van der Waals surface area contributed by atoms with Crippen molar-refractivity contribution in [2.45, 2.75) is 13.3 Å². The van der Waals surface area contributed by atoms with Crippen molar-refractivity contribution in [3.05, 3.63) is 16.1 Å². The highest BCUT2D eigenvalue weighted by molar-refractivity contribution is 14.1. The third-order valence-electron chi connectivity index (χ3n) is 2.98. The molecule has 1 aliphatic rings. The van der Waals surface area contributed by atoms with E-state index in [0.29, 0.717) is 0 Å². The molecule has 16 heavy (non-hydrogen) atoms. The van der Waals surface area contributed by atoms with E-state index >= 15 is 0 Å². The number of fused-ring (bicyclic) bond motifs is 1. The smallest absolute Gasteiger partial charge is 0.212 e. The Kier molecular flexibility index (Phi) is 2.45. The molecule has 84 valence electrons. The molecule has 5 nitrogen and oxygen atoms in total. The fourth-order valence-corrected chi connectivity index (χ4v) is 2.64. The van der Waals surface area contributed by atoms with E-state index in [2.05, 4.69) is 49.6 Å². The first-order valence-electron chi connectivity index (χ1n) is 5.35. The first kappa shape index (κ1) is 10.2. The summed E-state index contributed by atoms with van der Waals surface area (Å²) in [6.45, 7) is 4.42. The zero-order chi connectivity index (χ0) is 11.1. The van der Waals surface area contributed by atoms with Crippen molar-refractivity contribution in [2.75, 3.05) is 18.0 Å². The first-order valence-corrected chi connectivity index (χ1v) is 6.43. The Morgan fingerprint density at radius 1 is 1.50 bits per heavy atom. The molecule has 0 aromatic carbocycles. The molecule has 1 aliphatic heterocycles. The Hall–Kier alpha value is -0.920. The molecule has 0 spiro atoms. The van der Waals surface area contributed by atoms with Crippen LogP contribution in [-0.4, -0.2) is 32.7 Å². The van der Waals surface area contributed by atoms with E-state index in [1.165, 1.54) is 6.42 Å². The molecule has 2 aromatic rings. The molecule has 0 aliphatic carbocycles. The van der Waals surface area contributed by atoms with Crippen LogP contribution in [-0.2, 0) is 0 Å². The topological polar surface area (TPSA) is 46.3 Å². The number of nitrogens with zero attached hydrogens (tertiary/aromatic N) is 5. The van der Waals surface area contributed by atoms with E-state index in [4.69, 9.17) is 0 Å². The highest BCUT2D eigenvalue weighted by atomic mass is 127. The zero-order valence-electron chi connectivity index (χ0n) is 8.97. The molecule has 3 heterocycles. The van der Waals surface area contributed by atoms with Crippen LogP contribution in [0, 0.1) is 9.49 Å². The highest BCUT2D eigenvalue weighted by Gasteiger charge is 2.22. The molecule has 0 bridgehead atoms. The second kappa shape index (κ2) is 3.83. The number of anilines is 1. The van der Waals surface area contributed by atoms with E-state index in [0.717, 1.165) is 34.2 Å². The van der Waals surface area contributed by atoms with Crippen LogP contribution >= 0.6 is 22.6 Å². The van der Waals surface area contributed by atoms with E-state index in [-0.39, 0.29) is 0 Å². The molecule has 6 heteroatoms. The van der Waals surface area contributed by atoms with E-state index < -0.39 is 0 Å². The van der Waals surface area contributed by atoms with Crippen LogP contribution in [0.15, 0.2) is 12.5 Å². The summed E-state index contributed by atoms with van der Waals surface area (Å²) in [7, 11) is 0. The molecular formula is C10H12IN5. The summed E-state index contributed by atoms with van der Waals surface area (Å²) in [5, 5.41) is 8.06. The minimum Gasteiger partial charge on any atom is -0.342 e. The fraction of sp³-hybridized carbons (Fsp3) is 0.500. The van der Waals surface area contributed by atoms with Gasteiger partial charge in [-0.05, 0) is 34.9 Å². The molecular weight excluding hydrogens is 317 g/mol. The van der Waals surface area contributed by atoms with Crippen molar-refractivity contribution >= 4 is 34.2 Å². The van der Waals surface area contributed by atoms with Gasteiger partial charge in [-0.2, -0.15) is 0 Å². The Balaban J connectivity index is 2.10. The van der Waals surface area contributed by atoms with Gasteiger partial charge in [-0.15, -0.1) is 10.2 Å². The minimum atomic E-state index is 0.743. The summed E-state index contributed by atoms with van der Waals surface area (Å²) < 4.78 is 3.01. The predicted octanol–water partition coefficient (Wildman–Crippen LogP) is 1.58. The quantitative estimate of drug-likeness (QED) is 0.745. The van der Waals surface area contributed by atoms with Crippen molar-refractivity contribution in [2.24, 2.45) is 5.92 Å². The Morgan fingerprint density at radius 2 is 2.38 bits per heavy atom. The molecule has 2 aromatic heterocycles. The van der Waals surface area contributed by atoms with Gasteiger partial charge >= 0.3 is 0 Å². The van der Waals surface area contributed by atoms with Crippen LogP contribution in [0.25, 0.3) is 5.65 Å². The van der Waals surface area contributed by atoms with E-state index in [1.807, 2.05) is 10.6 Å². The summed E-state index contributed by atoms with van der Waals surface area (Å²) in [5.74, 6) is 1.71. The lowest BCUT2D eigenvalue weighted by Gasteiger charge is -2.17. The SMILES string of the molecule is CC1CCN(c2ncc(I)c3nncn23)C1. The van der Waals surface area contributed by atoms with Crippen LogP contribution in [0.2, 0.25) is 0 Å². The number of aromatic nitrogens is 4. The minimum absolute atomic E-state index is 0.743. The Labute approximate surface area is 107 Å². The monoisotopic (exact) mass is 329 g/mol. The van der Waals surface area contributed by atoms with Gasteiger partial charge in [0.05, 0.1) is 3.57 Å². The van der Waals surface area contributed by atoms with Crippen LogP contribution in [0.3, 0.4) is 0 Å². The van der Waals surface area contributed by atoms with Crippen molar-refractivity contribution in [3.8, 4) is 0 Å². The molecule has 3 rings (SSSR count). The zero-order valence-corrected chi connectivity index (χ0v) is 11.1. The summed E-state index contributed by atoms with van der Waals surface area (Å²) in [5.41, 5.74) is 0.894. The molecule has 1 atom stereocenters. The van der Waals surface area contributed by atoms with E-state index in [1.54, 1.807) is 6.33 Å². The Morgan fingerprint density at radius 3 is 3.12 bits per heavy atom. The molecule has 0 amide bonds. The maximum atomic E-state index is 4.50. The summed E-state index contributed by atoms with van der Waals surface area (Å²) in [6.07, 6.45) is 4.84. The average molecular weight is 329 g/mol. The van der Waals surface area contributed by atoms with Crippen LogP contribution in [0.1, 0.15) is 13.3 Å². The first-order chi connectivity index (χ1) is 7.75. The summed E-state index contributed by atoms with van der Waals surface area (Å²) in [6, 6.07) is 0. The fourth-order valence-electron chi connectivity index (χ4n) is 2.13. The summed E-state index contributed by atoms with van der Waals surface area (Å²) in [4.78, 5) is 6.80. The van der Waals surface area contributed by atoms with Crippen LogP contribution < -0.4 is 4.90 Å². The maximum absolute atomic E-state index is 4.50. The van der Waals surface area contributed by atoms with Gasteiger partial charge in [-0.1, -0.05) is 6.92 Å². The average Bonchev–Trinajstić information content (AvgIpc) is 2.87. The molecule has 1 fully saturated rings. The van der Waals surface area contributed by atoms with Gasteiger partial charge in [0, 0.05) is 19.3 Å².